The van der Waals surface area contributed by atoms with Gasteiger partial charge < -0.3 is 5.32 Å². The summed E-state index contributed by atoms with van der Waals surface area (Å²) in [4.78, 5) is 0. The third kappa shape index (κ3) is 10.4. The van der Waals surface area contributed by atoms with E-state index < -0.39 is 10.0 Å². The first kappa shape index (κ1) is 15.9. The predicted octanol–water partition coefficient (Wildman–Crippen LogP) is 1.34. The van der Waals surface area contributed by atoms with E-state index in [1.807, 2.05) is 7.05 Å². The predicted molar refractivity (Wildman–Crippen MR) is 69.0 cm³/mol. The van der Waals surface area contributed by atoms with Crippen molar-refractivity contribution in [2.75, 3.05) is 25.9 Å². The summed E-state index contributed by atoms with van der Waals surface area (Å²) in [5.74, 6) is 0.885. The average Bonchev–Trinajstić information content (AvgIpc) is 2.19. The SMILES string of the molecule is CNCCCCS(=O)(=O)NCCCC(C)C. The van der Waals surface area contributed by atoms with Crippen LogP contribution in [0.5, 0.6) is 0 Å². The fourth-order valence-corrected chi connectivity index (χ4v) is 2.59. The Hall–Kier alpha value is -0.130. The molecule has 2 N–H and O–H groups in total. The summed E-state index contributed by atoms with van der Waals surface area (Å²) in [5.41, 5.74) is 0. The molecular formula is C11H26N2O2S. The molecule has 0 saturated carbocycles. The highest BCUT2D eigenvalue weighted by Crippen LogP contribution is 2.02. The minimum atomic E-state index is -3.04. The molecule has 0 spiro atoms. The molecule has 0 atom stereocenters. The van der Waals surface area contributed by atoms with Crippen LogP contribution in [0.1, 0.15) is 39.5 Å². The summed E-state index contributed by atoms with van der Waals surface area (Å²) in [7, 11) is -1.16. The summed E-state index contributed by atoms with van der Waals surface area (Å²) >= 11 is 0. The minimum Gasteiger partial charge on any atom is -0.320 e. The lowest BCUT2D eigenvalue weighted by Crippen LogP contribution is -2.27. The number of hydrogen-bond donors (Lipinski definition) is 2. The van der Waals surface area contributed by atoms with Crippen molar-refractivity contribution in [2.24, 2.45) is 5.92 Å². The van der Waals surface area contributed by atoms with Crippen molar-refractivity contribution >= 4 is 10.0 Å². The lowest BCUT2D eigenvalue weighted by molar-refractivity contribution is 0.538. The maximum Gasteiger partial charge on any atom is 0.211 e. The van der Waals surface area contributed by atoms with E-state index >= 15 is 0 Å². The van der Waals surface area contributed by atoms with Crippen LogP contribution in [0.4, 0.5) is 0 Å². The highest BCUT2D eigenvalue weighted by molar-refractivity contribution is 7.89. The molecule has 0 saturated heterocycles. The van der Waals surface area contributed by atoms with Crippen LogP contribution in [-0.2, 0) is 10.0 Å². The zero-order chi connectivity index (χ0) is 12.4. The van der Waals surface area contributed by atoms with Gasteiger partial charge in [-0.3, -0.25) is 0 Å². The summed E-state index contributed by atoms with van der Waals surface area (Å²) in [6, 6.07) is 0. The van der Waals surface area contributed by atoms with Crippen molar-refractivity contribution in [3.05, 3.63) is 0 Å². The lowest BCUT2D eigenvalue weighted by Gasteiger charge is -2.07. The third-order valence-electron chi connectivity index (χ3n) is 2.37. The molecule has 0 rings (SSSR count). The van der Waals surface area contributed by atoms with E-state index in [0.717, 1.165) is 32.2 Å². The molecule has 0 aliphatic carbocycles. The van der Waals surface area contributed by atoms with Crippen LogP contribution < -0.4 is 10.0 Å². The fourth-order valence-electron chi connectivity index (χ4n) is 1.40. The van der Waals surface area contributed by atoms with Crippen LogP contribution in [0.2, 0.25) is 0 Å². The monoisotopic (exact) mass is 250 g/mol. The Morgan fingerprint density at radius 3 is 2.31 bits per heavy atom. The number of rotatable bonds is 10. The molecule has 0 aromatic heterocycles. The van der Waals surface area contributed by atoms with Gasteiger partial charge >= 0.3 is 0 Å². The molecule has 0 radical (unpaired) electrons. The Labute approximate surface area is 100 Å². The maximum absolute atomic E-state index is 11.5. The standard InChI is InChI=1S/C11H26N2O2S/c1-11(2)7-6-9-13-16(14,15)10-5-4-8-12-3/h11-13H,4-10H2,1-3H3. The summed E-state index contributed by atoms with van der Waals surface area (Å²) in [6.07, 6.45) is 3.62. The van der Waals surface area contributed by atoms with Crippen molar-refractivity contribution in [3.63, 3.8) is 0 Å². The number of nitrogens with one attached hydrogen (secondary N) is 2. The Balaban J connectivity index is 3.55. The fraction of sp³-hybridized carbons (Fsp3) is 1.00. The molecule has 0 fully saturated rings. The van der Waals surface area contributed by atoms with Crippen LogP contribution in [0.15, 0.2) is 0 Å². The molecule has 0 amide bonds. The van der Waals surface area contributed by atoms with E-state index in [1.165, 1.54) is 0 Å². The van der Waals surface area contributed by atoms with E-state index in [2.05, 4.69) is 23.9 Å². The molecule has 0 heterocycles. The Bertz CT molecular complexity index is 251. The van der Waals surface area contributed by atoms with E-state index in [4.69, 9.17) is 0 Å². The number of unbranched alkanes of at least 4 members (excludes halogenated alkanes) is 1. The molecule has 0 aromatic rings. The molecule has 4 nitrogen and oxygen atoms in total. The first-order valence-corrected chi connectivity index (χ1v) is 7.75. The zero-order valence-corrected chi connectivity index (χ0v) is 11.6. The van der Waals surface area contributed by atoms with Gasteiger partial charge in [-0.2, -0.15) is 0 Å². The van der Waals surface area contributed by atoms with Crippen LogP contribution >= 0.6 is 0 Å². The summed E-state index contributed by atoms with van der Waals surface area (Å²) in [6.45, 7) is 5.74. The summed E-state index contributed by atoms with van der Waals surface area (Å²) in [5, 5.41) is 3.00. The first-order chi connectivity index (χ1) is 7.48. The highest BCUT2D eigenvalue weighted by atomic mass is 32.2. The minimum absolute atomic E-state index is 0.246. The van der Waals surface area contributed by atoms with Gasteiger partial charge in [0.25, 0.3) is 0 Å². The third-order valence-corrected chi connectivity index (χ3v) is 3.84. The number of hydrogen-bond acceptors (Lipinski definition) is 3. The second-order valence-corrected chi connectivity index (χ2v) is 6.49. The van der Waals surface area contributed by atoms with E-state index in [9.17, 15) is 8.42 Å². The number of sulfonamides is 1. The van der Waals surface area contributed by atoms with Crippen molar-refractivity contribution in [3.8, 4) is 0 Å². The molecule has 0 unspecified atom stereocenters. The van der Waals surface area contributed by atoms with Crippen LogP contribution in [0, 0.1) is 5.92 Å². The average molecular weight is 250 g/mol. The van der Waals surface area contributed by atoms with Gasteiger partial charge in [0.05, 0.1) is 5.75 Å². The van der Waals surface area contributed by atoms with Crippen molar-refractivity contribution in [1.29, 1.82) is 0 Å². The first-order valence-electron chi connectivity index (χ1n) is 6.10. The van der Waals surface area contributed by atoms with Gasteiger partial charge in [0.1, 0.15) is 0 Å². The highest BCUT2D eigenvalue weighted by Gasteiger charge is 2.08. The largest absolute Gasteiger partial charge is 0.320 e. The molecular weight excluding hydrogens is 224 g/mol. The topological polar surface area (TPSA) is 58.2 Å². The van der Waals surface area contributed by atoms with Gasteiger partial charge in [0.2, 0.25) is 10.0 Å². The summed E-state index contributed by atoms with van der Waals surface area (Å²) < 4.78 is 25.7. The smallest absolute Gasteiger partial charge is 0.211 e. The normalized spacial score (nSPS) is 12.2. The quantitative estimate of drug-likeness (QED) is 0.575. The zero-order valence-electron chi connectivity index (χ0n) is 10.8. The van der Waals surface area contributed by atoms with Gasteiger partial charge in [-0.1, -0.05) is 13.8 Å². The molecule has 0 aromatic carbocycles. The molecule has 98 valence electrons. The Morgan fingerprint density at radius 1 is 1.06 bits per heavy atom. The van der Waals surface area contributed by atoms with Crippen molar-refractivity contribution in [1.82, 2.24) is 10.0 Å². The second-order valence-electron chi connectivity index (χ2n) is 4.56. The molecule has 5 heteroatoms. The van der Waals surface area contributed by atoms with E-state index in [1.54, 1.807) is 0 Å². The Kier molecular flexibility index (Phi) is 8.89. The van der Waals surface area contributed by atoms with E-state index in [0.29, 0.717) is 12.5 Å². The maximum atomic E-state index is 11.5. The van der Waals surface area contributed by atoms with Crippen LogP contribution in [0.3, 0.4) is 0 Å². The molecule has 0 aliphatic rings. The van der Waals surface area contributed by atoms with Gasteiger partial charge in [0.15, 0.2) is 0 Å². The van der Waals surface area contributed by atoms with Crippen molar-refractivity contribution < 1.29 is 8.42 Å². The van der Waals surface area contributed by atoms with Gasteiger partial charge in [-0.15, -0.1) is 0 Å². The molecule has 0 bridgehead atoms. The van der Waals surface area contributed by atoms with Crippen molar-refractivity contribution in [2.45, 2.75) is 39.5 Å². The van der Waals surface area contributed by atoms with Gasteiger partial charge in [0, 0.05) is 6.54 Å². The molecule has 0 aliphatic heterocycles. The van der Waals surface area contributed by atoms with Crippen LogP contribution in [0.25, 0.3) is 0 Å². The molecule has 16 heavy (non-hydrogen) atoms. The van der Waals surface area contributed by atoms with E-state index in [-0.39, 0.29) is 5.75 Å². The second kappa shape index (κ2) is 8.96. The lowest BCUT2D eigenvalue weighted by atomic mass is 10.1. The van der Waals surface area contributed by atoms with Gasteiger partial charge in [-0.05, 0) is 45.2 Å². The Morgan fingerprint density at radius 2 is 1.75 bits per heavy atom. The van der Waals surface area contributed by atoms with Gasteiger partial charge in [-0.25, -0.2) is 13.1 Å². The van der Waals surface area contributed by atoms with Crippen LogP contribution in [-0.4, -0.2) is 34.3 Å².